The number of methoxy groups -OCH3 is 8. The molecule has 1 N–H and O–H groups in total. The van der Waals surface area contributed by atoms with Crippen LogP contribution in [0.5, 0.6) is 51.7 Å². The molecule has 13 nitrogen and oxygen atoms in total. The molecule has 13 heteroatoms. The van der Waals surface area contributed by atoms with Gasteiger partial charge in [0.05, 0.1) is 63.5 Å². The van der Waals surface area contributed by atoms with Crippen LogP contribution in [0, 0.1) is 4.91 Å². The Balaban J connectivity index is 0.00000106. The SMILES string of the molecule is CCOC(C)=O.COc1cc2c(OC)cc1Cc1cc(N=O)c(cc1O)Cc1cc(OC)c(cc1OC)Cc1cc(OC)c(cc1OC)Cc1cc(OC)c(cc1OC)C2. The van der Waals surface area contributed by atoms with E-state index in [4.69, 9.17) is 37.9 Å². The lowest BCUT2D eigenvalue weighted by atomic mass is 9.94. The summed E-state index contributed by atoms with van der Waals surface area (Å²) in [6.45, 7) is 3.65. The number of nitroso groups, excluding NO2 is 1. The number of phenols is 1. The summed E-state index contributed by atoms with van der Waals surface area (Å²) in [5.74, 6) is 4.91. The number of rotatable bonds is 10. The molecule has 0 aliphatic heterocycles. The van der Waals surface area contributed by atoms with E-state index in [0.29, 0.717) is 83.0 Å². The van der Waals surface area contributed by atoms with Crippen LogP contribution in [0.2, 0.25) is 0 Å². The minimum absolute atomic E-state index is 0.0111. The number of nitrogens with zero attached hydrogens (tertiary/aromatic N) is 1. The number of carbonyl (C=O) groups excluding carboxylic acids is 1. The fraction of sp³-hybridized carbons (Fsp3) is 0.340. The van der Waals surface area contributed by atoms with Gasteiger partial charge < -0.3 is 47.7 Å². The largest absolute Gasteiger partial charge is 0.508 e. The maximum Gasteiger partial charge on any atom is 0.302 e. The van der Waals surface area contributed by atoms with Crippen molar-refractivity contribution in [3.8, 4) is 51.7 Å². The van der Waals surface area contributed by atoms with Gasteiger partial charge in [-0.3, -0.25) is 4.79 Å². The second-order valence-corrected chi connectivity index (χ2v) is 13.9. The van der Waals surface area contributed by atoms with Gasteiger partial charge >= 0.3 is 5.97 Å². The van der Waals surface area contributed by atoms with Crippen molar-refractivity contribution < 1.29 is 52.5 Å². The first-order valence-corrected chi connectivity index (χ1v) is 19.2. The van der Waals surface area contributed by atoms with Gasteiger partial charge in [-0.2, -0.15) is 0 Å². The van der Waals surface area contributed by atoms with Crippen LogP contribution in [-0.2, 0) is 41.6 Å². The summed E-state index contributed by atoms with van der Waals surface area (Å²) in [4.78, 5) is 22.1. The number of carbonyl (C=O) groups is 1. The highest BCUT2D eigenvalue weighted by Gasteiger charge is 2.22. The Morgan fingerprint density at radius 3 is 0.900 bits per heavy atom. The zero-order valence-corrected chi connectivity index (χ0v) is 35.9. The standard InChI is InChI=1S/C43H45NO10.C4H8O2/c1-47-36-18-28-11-30-20-42(53-7)32(22-40(30)51-5)13-33-23-41(52-6)31(21-43(33)54-8)12-29-19-37(48-2)27(17-39(29)50-4)10-25-14-34(44-46)24(15-35(25)45)9-26(36)16-38(28)49-3;1-3-6-4(2)5/h14-23,45H,9-13H2,1-8H3;3H2,1-2H3. The summed E-state index contributed by atoms with van der Waals surface area (Å²) in [6, 6.07) is 18.7. The topological polar surface area (TPSA) is 150 Å². The molecule has 0 spiro atoms. The Hall–Kier alpha value is -6.63. The van der Waals surface area contributed by atoms with E-state index in [9.17, 15) is 14.8 Å². The average molecular weight is 824 g/mol. The average Bonchev–Trinajstić information content (AvgIpc) is 3.25. The van der Waals surface area contributed by atoms with Gasteiger partial charge in [0.15, 0.2) is 0 Å². The van der Waals surface area contributed by atoms with E-state index in [0.717, 1.165) is 44.5 Å². The first kappa shape index (κ1) is 44.5. The maximum atomic E-state index is 12.3. The Morgan fingerprint density at radius 1 is 0.450 bits per heavy atom. The molecule has 5 aromatic carbocycles. The van der Waals surface area contributed by atoms with Crippen molar-refractivity contribution in [3.63, 3.8) is 0 Å². The minimum Gasteiger partial charge on any atom is -0.508 e. The molecule has 0 heterocycles. The molecule has 10 aliphatic carbocycles. The molecule has 0 atom stereocenters. The van der Waals surface area contributed by atoms with Crippen molar-refractivity contribution in [1.29, 1.82) is 0 Å². The fourth-order valence-electron chi connectivity index (χ4n) is 7.46. The zero-order chi connectivity index (χ0) is 43.5. The highest BCUT2D eigenvalue weighted by molar-refractivity contribution is 5.66. The van der Waals surface area contributed by atoms with Gasteiger partial charge in [-0.05, 0) is 78.3 Å². The monoisotopic (exact) mass is 823 g/mol. The summed E-state index contributed by atoms with van der Waals surface area (Å²) >= 11 is 0. The van der Waals surface area contributed by atoms with E-state index in [-0.39, 0.29) is 30.2 Å². The van der Waals surface area contributed by atoms with Gasteiger partial charge in [0.1, 0.15) is 57.4 Å². The zero-order valence-electron chi connectivity index (χ0n) is 35.9. The van der Waals surface area contributed by atoms with E-state index in [1.54, 1.807) is 75.9 Å². The van der Waals surface area contributed by atoms with Crippen LogP contribution >= 0.6 is 0 Å². The van der Waals surface area contributed by atoms with Crippen LogP contribution in [0.15, 0.2) is 65.8 Å². The molecule has 0 saturated carbocycles. The van der Waals surface area contributed by atoms with E-state index in [2.05, 4.69) is 9.91 Å². The smallest absolute Gasteiger partial charge is 0.302 e. The molecule has 10 bridgehead atoms. The van der Waals surface area contributed by atoms with Gasteiger partial charge in [-0.25, -0.2) is 0 Å². The van der Waals surface area contributed by atoms with Crippen LogP contribution in [0.3, 0.4) is 0 Å². The number of aromatic hydroxyl groups is 1. The van der Waals surface area contributed by atoms with E-state index in [1.165, 1.54) is 6.92 Å². The number of hydrogen-bond donors (Lipinski definition) is 1. The molecule has 0 radical (unpaired) electrons. The predicted molar refractivity (Wildman–Crippen MR) is 228 cm³/mol. The van der Waals surface area contributed by atoms with Crippen LogP contribution in [-0.4, -0.2) is 74.6 Å². The number of phenolic OH excluding ortho intramolecular Hbond substituents is 1. The van der Waals surface area contributed by atoms with E-state index >= 15 is 0 Å². The second kappa shape index (κ2) is 20.4. The van der Waals surface area contributed by atoms with Gasteiger partial charge in [0, 0.05) is 89.1 Å². The number of hydrogen-bond acceptors (Lipinski definition) is 13. The third kappa shape index (κ3) is 9.96. The molecule has 318 valence electrons. The summed E-state index contributed by atoms with van der Waals surface area (Å²) in [5, 5.41) is 14.7. The Labute approximate surface area is 351 Å². The van der Waals surface area contributed by atoms with Gasteiger partial charge in [0.2, 0.25) is 0 Å². The molecule has 0 saturated heterocycles. The second-order valence-electron chi connectivity index (χ2n) is 13.9. The van der Waals surface area contributed by atoms with Gasteiger partial charge in [-0.15, -0.1) is 4.91 Å². The van der Waals surface area contributed by atoms with Crippen molar-refractivity contribution in [2.75, 3.05) is 63.5 Å². The molecule has 5 aromatic rings. The summed E-state index contributed by atoms with van der Waals surface area (Å²) < 4.78 is 51.7. The van der Waals surface area contributed by atoms with E-state index in [1.807, 2.05) is 48.5 Å². The van der Waals surface area contributed by atoms with Crippen molar-refractivity contribution in [1.82, 2.24) is 0 Å². The number of ether oxygens (including phenoxy) is 9. The van der Waals surface area contributed by atoms with Crippen molar-refractivity contribution in [2.24, 2.45) is 5.18 Å². The van der Waals surface area contributed by atoms with Gasteiger partial charge in [0.25, 0.3) is 0 Å². The molecule has 15 rings (SSSR count). The van der Waals surface area contributed by atoms with Crippen LogP contribution in [0.25, 0.3) is 0 Å². The first-order valence-electron chi connectivity index (χ1n) is 19.2. The maximum absolute atomic E-state index is 12.3. The molecule has 0 aromatic heterocycles. The summed E-state index contributed by atoms with van der Waals surface area (Å²) in [6.07, 6.45) is 1.85. The number of esters is 1. The quantitative estimate of drug-likeness (QED) is 0.104. The normalized spacial score (nSPS) is 11.8. The minimum atomic E-state index is -0.211. The molecule has 0 amide bonds. The van der Waals surface area contributed by atoms with Gasteiger partial charge in [-0.1, -0.05) is 0 Å². The molecule has 60 heavy (non-hydrogen) atoms. The highest BCUT2D eigenvalue weighted by Crippen LogP contribution is 2.42. The Bertz CT molecular complexity index is 2340. The Morgan fingerprint density at radius 2 is 0.700 bits per heavy atom. The van der Waals surface area contributed by atoms with E-state index < -0.39 is 0 Å². The van der Waals surface area contributed by atoms with Crippen molar-refractivity contribution in [2.45, 2.75) is 46.0 Å². The molecular formula is C47H53NO12. The first-order chi connectivity index (χ1) is 29.0. The number of benzene rings is 5. The van der Waals surface area contributed by atoms with Crippen molar-refractivity contribution in [3.05, 3.63) is 121 Å². The summed E-state index contributed by atoms with van der Waals surface area (Å²) in [5.41, 5.74) is 7.97. The Kier molecular flexibility index (Phi) is 15.1. The van der Waals surface area contributed by atoms with Crippen molar-refractivity contribution >= 4 is 11.7 Å². The molecule has 10 aliphatic rings. The lowest BCUT2D eigenvalue weighted by Crippen LogP contribution is -2.04. The van der Waals surface area contributed by atoms with Crippen LogP contribution in [0.1, 0.15) is 69.5 Å². The van der Waals surface area contributed by atoms with Crippen LogP contribution in [0.4, 0.5) is 5.69 Å². The highest BCUT2D eigenvalue weighted by atomic mass is 16.5. The fourth-order valence-corrected chi connectivity index (χ4v) is 7.46. The molecular weight excluding hydrogens is 771 g/mol. The lowest BCUT2D eigenvalue weighted by molar-refractivity contribution is -0.140. The van der Waals surface area contributed by atoms with Crippen LogP contribution < -0.4 is 37.9 Å². The lowest BCUT2D eigenvalue weighted by Gasteiger charge is -2.20. The molecule has 0 fully saturated rings. The third-order valence-corrected chi connectivity index (χ3v) is 10.4. The summed E-state index contributed by atoms with van der Waals surface area (Å²) in [7, 11) is 13.0. The predicted octanol–water partition coefficient (Wildman–Crippen LogP) is 8.70. The molecule has 0 unspecified atom stereocenters. The third-order valence-electron chi connectivity index (χ3n) is 10.4.